The topological polar surface area (TPSA) is 26.3 Å². The van der Waals surface area contributed by atoms with Gasteiger partial charge in [-0.15, -0.1) is 0 Å². The van der Waals surface area contributed by atoms with Crippen LogP contribution in [0.3, 0.4) is 0 Å². The minimum atomic E-state index is -0.899. The van der Waals surface area contributed by atoms with E-state index in [1.807, 2.05) is 0 Å². The molecule has 0 N–H and O–H groups in total. The molecule has 0 aliphatic rings. The highest BCUT2D eigenvalue weighted by molar-refractivity contribution is 9.10. The van der Waals surface area contributed by atoms with E-state index in [9.17, 15) is 13.6 Å². The number of carbonyl (C=O) groups is 1. The molecule has 0 saturated heterocycles. The summed E-state index contributed by atoms with van der Waals surface area (Å²) >= 11 is 14.5. The van der Waals surface area contributed by atoms with E-state index in [1.165, 1.54) is 18.2 Å². The Hall–Kier alpha value is -1.17. The third-order valence-corrected chi connectivity index (χ3v) is 3.88. The van der Waals surface area contributed by atoms with Crippen LogP contribution in [0.2, 0.25) is 10.0 Å². The Morgan fingerprint density at radius 1 is 1.14 bits per heavy atom. The van der Waals surface area contributed by atoms with Crippen LogP contribution in [-0.2, 0) is 0 Å². The Labute approximate surface area is 137 Å². The summed E-state index contributed by atoms with van der Waals surface area (Å²) in [5, 5.41) is 0.554. The van der Waals surface area contributed by atoms with Crippen molar-refractivity contribution < 1.29 is 18.3 Å². The second kappa shape index (κ2) is 6.73. The summed E-state index contributed by atoms with van der Waals surface area (Å²) in [5.41, 5.74) is 0.281. The van der Waals surface area contributed by atoms with Crippen molar-refractivity contribution in [2.45, 2.75) is 0 Å². The molecule has 0 heterocycles. The molecule has 21 heavy (non-hydrogen) atoms. The van der Waals surface area contributed by atoms with E-state index in [2.05, 4.69) is 15.9 Å². The molecular weight excluding hydrogens is 389 g/mol. The number of ether oxygens (including phenoxy) is 1. The number of hydrogen-bond acceptors (Lipinski definition) is 2. The van der Waals surface area contributed by atoms with Gasteiger partial charge in [-0.25, -0.2) is 8.78 Å². The fourth-order valence-electron chi connectivity index (χ4n) is 1.56. The number of ketones is 1. The van der Waals surface area contributed by atoms with Gasteiger partial charge in [-0.3, -0.25) is 4.79 Å². The van der Waals surface area contributed by atoms with E-state index >= 15 is 0 Å². The number of halogens is 5. The minimum absolute atomic E-state index is 0.0851. The lowest BCUT2D eigenvalue weighted by Gasteiger charge is -2.09. The van der Waals surface area contributed by atoms with Crippen LogP contribution in [0.15, 0.2) is 34.8 Å². The first kappa shape index (κ1) is 16.2. The first-order chi connectivity index (χ1) is 9.88. The lowest BCUT2D eigenvalue weighted by Crippen LogP contribution is -2.12. The summed E-state index contributed by atoms with van der Waals surface area (Å²) in [6.45, 7) is -0.418. The smallest absolute Gasteiger partial charge is 0.200 e. The van der Waals surface area contributed by atoms with Crippen molar-refractivity contribution in [3.05, 3.63) is 62.0 Å². The molecule has 2 rings (SSSR count). The Bertz CT molecular complexity index is 684. The number of rotatable bonds is 4. The molecular formula is C14H7BrCl2F2O2. The molecule has 0 spiro atoms. The zero-order valence-electron chi connectivity index (χ0n) is 10.3. The minimum Gasteiger partial charge on any atom is -0.481 e. The molecule has 0 aliphatic heterocycles. The van der Waals surface area contributed by atoms with Crippen molar-refractivity contribution in [1.82, 2.24) is 0 Å². The molecule has 2 aromatic carbocycles. The zero-order valence-corrected chi connectivity index (χ0v) is 13.4. The molecule has 0 fully saturated rings. The normalized spacial score (nSPS) is 10.5. The summed E-state index contributed by atoms with van der Waals surface area (Å²) in [6.07, 6.45) is 0. The second-order valence-corrected chi connectivity index (χ2v) is 5.71. The standard InChI is InChI=1S/C14H7BrCl2F2O2/c15-9-4-8(18)5-12(19)14(9)21-6-13(20)7-1-2-10(16)11(17)3-7/h1-5H,6H2. The molecule has 0 atom stereocenters. The first-order valence-electron chi connectivity index (χ1n) is 5.64. The summed E-state index contributed by atoms with van der Waals surface area (Å²) in [6, 6.07) is 6.07. The van der Waals surface area contributed by atoms with Crippen LogP contribution < -0.4 is 4.74 Å². The van der Waals surface area contributed by atoms with Gasteiger partial charge in [0.25, 0.3) is 0 Å². The highest BCUT2D eigenvalue weighted by Gasteiger charge is 2.14. The van der Waals surface area contributed by atoms with Crippen LogP contribution in [-0.4, -0.2) is 12.4 Å². The molecule has 0 unspecified atom stereocenters. The largest absolute Gasteiger partial charge is 0.481 e. The maximum atomic E-state index is 13.5. The molecule has 110 valence electrons. The number of benzene rings is 2. The quantitative estimate of drug-likeness (QED) is 0.657. The zero-order chi connectivity index (χ0) is 15.6. The van der Waals surface area contributed by atoms with Crippen molar-refractivity contribution in [1.29, 1.82) is 0 Å². The maximum Gasteiger partial charge on any atom is 0.200 e. The molecule has 7 heteroatoms. The molecule has 0 aromatic heterocycles. The molecule has 2 nitrogen and oxygen atoms in total. The average Bonchev–Trinajstić information content (AvgIpc) is 2.40. The summed E-state index contributed by atoms with van der Waals surface area (Å²) in [7, 11) is 0. The monoisotopic (exact) mass is 394 g/mol. The number of carbonyl (C=O) groups excluding carboxylic acids is 1. The van der Waals surface area contributed by atoms with Crippen molar-refractivity contribution in [2.24, 2.45) is 0 Å². The lowest BCUT2D eigenvalue weighted by molar-refractivity contribution is 0.0918. The van der Waals surface area contributed by atoms with Gasteiger partial charge in [0.15, 0.2) is 24.0 Å². The Kier molecular flexibility index (Phi) is 5.19. The highest BCUT2D eigenvalue weighted by atomic mass is 79.9. The van der Waals surface area contributed by atoms with E-state index in [1.54, 1.807) is 0 Å². The van der Waals surface area contributed by atoms with Gasteiger partial charge in [-0.2, -0.15) is 0 Å². The van der Waals surface area contributed by atoms with E-state index in [0.717, 1.165) is 6.07 Å². The third kappa shape index (κ3) is 3.93. The van der Waals surface area contributed by atoms with Gasteiger partial charge in [0.2, 0.25) is 0 Å². The summed E-state index contributed by atoms with van der Waals surface area (Å²) in [5.74, 6) is -2.29. The van der Waals surface area contributed by atoms with Crippen molar-refractivity contribution in [3.63, 3.8) is 0 Å². The maximum absolute atomic E-state index is 13.5. The van der Waals surface area contributed by atoms with Gasteiger partial charge in [0.1, 0.15) is 5.82 Å². The van der Waals surface area contributed by atoms with Gasteiger partial charge in [0.05, 0.1) is 14.5 Å². The van der Waals surface area contributed by atoms with E-state index < -0.39 is 24.0 Å². The van der Waals surface area contributed by atoms with Gasteiger partial charge in [0, 0.05) is 11.6 Å². The number of Topliss-reactive ketones (excluding diaryl/α,β-unsaturated/α-hetero) is 1. The fraction of sp³-hybridized carbons (Fsp3) is 0.0714. The van der Waals surface area contributed by atoms with Crippen LogP contribution >= 0.6 is 39.1 Å². The molecule has 0 radical (unpaired) electrons. The predicted molar refractivity (Wildman–Crippen MR) is 80.3 cm³/mol. The van der Waals surface area contributed by atoms with E-state index in [-0.39, 0.29) is 20.8 Å². The first-order valence-corrected chi connectivity index (χ1v) is 7.19. The number of hydrogen-bond donors (Lipinski definition) is 0. The Morgan fingerprint density at radius 3 is 2.48 bits per heavy atom. The van der Waals surface area contributed by atoms with Crippen LogP contribution in [0.1, 0.15) is 10.4 Å². The summed E-state index contributed by atoms with van der Waals surface area (Å²) in [4.78, 5) is 11.9. The molecule has 0 saturated carbocycles. The van der Waals surface area contributed by atoms with E-state index in [4.69, 9.17) is 27.9 Å². The van der Waals surface area contributed by atoms with Crippen LogP contribution in [0.25, 0.3) is 0 Å². The predicted octanol–water partition coefficient (Wildman–Crippen LogP) is 5.30. The lowest BCUT2D eigenvalue weighted by atomic mass is 10.1. The van der Waals surface area contributed by atoms with Crippen LogP contribution in [0.4, 0.5) is 8.78 Å². The van der Waals surface area contributed by atoms with Gasteiger partial charge < -0.3 is 4.74 Å². The SMILES string of the molecule is O=C(COc1c(F)cc(F)cc1Br)c1ccc(Cl)c(Cl)c1. The Balaban J connectivity index is 2.13. The third-order valence-electron chi connectivity index (χ3n) is 2.55. The Morgan fingerprint density at radius 2 is 1.86 bits per heavy atom. The van der Waals surface area contributed by atoms with E-state index in [0.29, 0.717) is 11.1 Å². The van der Waals surface area contributed by atoms with Gasteiger partial charge in [-0.1, -0.05) is 23.2 Å². The fourth-order valence-corrected chi connectivity index (χ4v) is 2.38. The second-order valence-electron chi connectivity index (χ2n) is 4.04. The van der Waals surface area contributed by atoms with Crippen LogP contribution in [0.5, 0.6) is 5.75 Å². The average molecular weight is 396 g/mol. The molecule has 2 aromatic rings. The highest BCUT2D eigenvalue weighted by Crippen LogP contribution is 2.29. The van der Waals surface area contributed by atoms with Crippen molar-refractivity contribution in [3.8, 4) is 5.75 Å². The van der Waals surface area contributed by atoms with Crippen molar-refractivity contribution in [2.75, 3.05) is 6.61 Å². The molecule has 0 bridgehead atoms. The molecule has 0 aliphatic carbocycles. The van der Waals surface area contributed by atoms with Gasteiger partial charge >= 0.3 is 0 Å². The van der Waals surface area contributed by atoms with Crippen molar-refractivity contribution >= 4 is 44.9 Å². The molecule has 0 amide bonds. The van der Waals surface area contributed by atoms with Gasteiger partial charge in [-0.05, 0) is 40.2 Å². The summed E-state index contributed by atoms with van der Waals surface area (Å²) < 4.78 is 31.7. The van der Waals surface area contributed by atoms with Crippen LogP contribution in [0, 0.1) is 11.6 Å².